The number of carbonyl (C=O) groups is 1. The summed E-state index contributed by atoms with van der Waals surface area (Å²) in [6.45, 7) is -0.193. The second-order valence-electron chi connectivity index (χ2n) is 5.12. The minimum atomic E-state index is -1.45. The summed E-state index contributed by atoms with van der Waals surface area (Å²) >= 11 is 6.00. The summed E-state index contributed by atoms with van der Waals surface area (Å²) in [5.41, 5.74) is 0.664. The fraction of sp³-hybridized carbons (Fsp3) is 0.0588. The van der Waals surface area contributed by atoms with Gasteiger partial charge in [0.2, 0.25) is 5.71 Å². The second kappa shape index (κ2) is 6.82. The Kier molecular flexibility index (Phi) is 4.58. The van der Waals surface area contributed by atoms with Gasteiger partial charge in [-0.25, -0.2) is 14.2 Å². The standard InChI is InChI=1S/C17H11ClFN3O3/c18-9-5-6-11-13(7-9)21-14(16(22-25)17(23)24)8-20-15(11)10-3-1-2-4-12(10)19/h1-7,25H,8H2,(H,23,24)/b22-16+. The predicted octanol–water partition coefficient (Wildman–Crippen LogP) is 3.32. The van der Waals surface area contributed by atoms with Crippen molar-refractivity contribution < 1.29 is 19.5 Å². The Hall–Kier alpha value is -3.06. The Morgan fingerprint density at radius 3 is 2.64 bits per heavy atom. The smallest absolute Gasteiger partial charge is 0.359 e. The highest BCUT2D eigenvalue weighted by molar-refractivity contribution is 6.66. The van der Waals surface area contributed by atoms with E-state index in [1.165, 1.54) is 12.1 Å². The molecule has 25 heavy (non-hydrogen) atoms. The van der Waals surface area contributed by atoms with Crippen molar-refractivity contribution >= 4 is 40.4 Å². The molecule has 0 amide bonds. The lowest BCUT2D eigenvalue weighted by molar-refractivity contribution is -0.129. The van der Waals surface area contributed by atoms with E-state index >= 15 is 0 Å². The van der Waals surface area contributed by atoms with Crippen molar-refractivity contribution in [1.29, 1.82) is 0 Å². The average Bonchev–Trinajstić information content (AvgIpc) is 2.75. The zero-order chi connectivity index (χ0) is 18.0. The molecule has 126 valence electrons. The van der Waals surface area contributed by atoms with Crippen LogP contribution in [0.3, 0.4) is 0 Å². The Labute approximate surface area is 146 Å². The van der Waals surface area contributed by atoms with E-state index in [-0.39, 0.29) is 17.8 Å². The van der Waals surface area contributed by atoms with Crippen LogP contribution in [0.25, 0.3) is 0 Å². The third kappa shape index (κ3) is 3.27. The first kappa shape index (κ1) is 16.8. The van der Waals surface area contributed by atoms with E-state index in [1.54, 1.807) is 30.3 Å². The maximum atomic E-state index is 14.2. The molecule has 6 nitrogen and oxygen atoms in total. The first-order valence-corrected chi connectivity index (χ1v) is 7.51. The van der Waals surface area contributed by atoms with E-state index in [0.29, 0.717) is 22.0 Å². The van der Waals surface area contributed by atoms with Crippen LogP contribution in [0.5, 0.6) is 0 Å². The highest BCUT2D eigenvalue weighted by Crippen LogP contribution is 2.29. The summed E-state index contributed by atoms with van der Waals surface area (Å²) in [5.74, 6) is -1.92. The van der Waals surface area contributed by atoms with Crippen LogP contribution in [0.1, 0.15) is 11.1 Å². The van der Waals surface area contributed by atoms with Crippen LogP contribution in [-0.2, 0) is 4.79 Å². The molecule has 0 fully saturated rings. The van der Waals surface area contributed by atoms with E-state index in [2.05, 4.69) is 15.1 Å². The van der Waals surface area contributed by atoms with E-state index in [4.69, 9.17) is 21.9 Å². The quantitative estimate of drug-likeness (QED) is 0.500. The molecule has 2 aromatic carbocycles. The van der Waals surface area contributed by atoms with Crippen LogP contribution in [0.2, 0.25) is 5.02 Å². The average molecular weight is 360 g/mol. The maximum absolute atomic E-state index is 14.2. The van der Waals surface area contributed by atoms with Gasteiger partial charge in [0.1, 0.15) is 5.82 Å². The molecule has 3 rings (SSSR count). The largest absolute Gasteiger partial charge is 0.476 e. The zero-order valence-corrected chi connectivity index (χ0v) is 13.4. The summed E-state index contributed by atoms with van der Waals surface area (Å²) in [7, 11) is 0. The summed E-state index contributed by atoms with van der Waals surface area (Å²) in [4.78, 5) is 19.7. The number of aliphatic carboxylic acids is 1. The van der Waals surface area contributed by atoms with Gasteiger partial charge in [0.25, 0.3) is 0 Å². The number of aliphatic imine (C=N–C) groups is 2. The fourth-order valence-electron chi connectivity index (χ4n) is 2.45. The molecule has 1 heterocycles. The van der Waals surface area contributed by atoms with Crippen molar-refractivity contribution in [1.82, 2.24) is 0 Å². The fourth-order valence-corrected chi connectivity index (χ4v) is 2.62. The number of halogens is 2. The van der Waals surface area contributed by atoms with Crippen LogP contribution >= 0.6 is 11.6 Å². The molecule has 0 unspecified atom stereocenters. The summed E-state index contributed by atoms with van der Waals surface area (Å²) in [5, 5.41) is 21.2. The third-order valence-corrected chi connectivity index (χ3v) is 3.80. The van der Waals surface area contributed by atoms with Crippen LogP contribution in [0, 0.1) is 5.82 Å². The van der Waals surface area contributed by atoms with Crippen molar-refractivity contribution in [2.45, 2.75) is 0 Å². The highest BCUT2D eigenvalue weighted by atomic mass is 35.5. The first-order chi connectivity index (χ1) is 12.0. The SMILES string of the molecule is O=C(O)/C(=N/O)C1=Nc2cc(Cl)ccc2C(c2ccccc2F)=NC1. The van der Waals surface area contributed by atoms with Crippen LogP contribution in [-0.4, -0.2) is 40.0 Å². The van der Waals surface area contributed by atoms with Crippen molar-refractivity contribution in [3.8, 4) is 0 Å². The van der Waals surface area contributed by atoms with Gasteiger partial charge in [-0.2, -0.15) is 0 Å². The Morgan fingerprint density at radius 1 is 1.20 bits per heavy atom. The molecule has 1 aliphatic heterocycles. The van der Waals surface area contributed by atoms with Crippen molar-refractivity contribution in [2.24, 2.45) is 15.1 Å². The minimum absolute atomic E-state index is 0.0649. The van der Waals surface area contributed by atoms with E-state index in [1.807, 2.05) is 0 Å². The normalized spacial score (nSPS) is 14.2. The van der Waals surface area contributed by atoms with Gasteiger partial charge in [-0.1, -0.05) is 28.9 Å². The number of carboxylic acid groups (broad SMARTS) is 1. The zero-order valence-electron chi connectivity index (χ0n) is 12.6. The summed E-state index contributed by atoms with van der Waals surface area (Å²) in [6, 6.07) is 10.8. The molecule has 0 aliphatic carbocycles. The molecule has 2 aromatic rings. The van der Waals surface area contributed by atoms with Crippen LogP contribution in [0.4, 0.5) is 10.1 Å². The van der Waals surface area contributed by atoms with Crippen LogP contribution in [0.15, 0.2) is 57.6 Å². The molecule has 0 saturated carbocycles. The topological polar surface area (TPSA) is 94.6 Å². The highest BCUT2D eigenvalue weighted by Gasteiger charge is 2.24. The van der Waals surface area contributed by atoms with Crippen LogP contribution < -0.4 is 0 Å². The summed E-state index contributed by atoms with van der Waals surface area (Å²) < 4.78 is 14.2. The predicted molar refractivity (Wildman–Crippen MR) is 92.3 cm³/mol. The number of oxime groups is 1. The lowest BCUT2D eigenvalue weighted by Crippen LogP contribution is -2.26. The molecule has 0 spiro atoms. The molecular weight excluding hydrogens is 349 g/mol. The first-order valence-electron chi connectivity index (χ1n) is 7.14. The van der Waals surface area contributed by atoms with Gasteiger partial charge in [-0.15, -0.1) is 0 Å². The van der Waals surface area contributed by atoms with Gasteiger partial charge in [-0.3, -0.25) is 4.99 Å². The molecule has 2 N–H and O–H groups in total. The van der Waals surface area contributed by atoms with Gasteiger partial charge in [0.05, 0.1) is 23.7 Å². The number of benzene rings is 2. The third-order valence-electron chi connectivity index (χ3n) is 3.56. The number of hydrogen-bond acceptors (Lipinski definition) is 5. The Balaban J connectivity index is 2.22. The van der Waals surface area contributed by atoms with E-state index in [9.17, 15) is 9.18 Å². The molecule has 8 heteroatoms. The van der Waals surface area contributed by atoms with Gasteiger partial charge in [0, 0.05) is 16.1 Å². The molecule has 0 atom stereocenters. The monoisotopic (exact) mass is 359 g/mol. The lowest BCUT2D eigenvalue weighted by atomic mass is 10.0. The van der Waals surface area contributed by atoms with Gasteiger partial charge in [-0.05, 0) is 30.3 Å². The second-order valence-corrected chi connectivity index (χ2v) is 5.55. The number of hydrogen-bond donors (Lipinski definition) is 2. The molecule has 0 bridgehead atoms. The van der Waals surface area contributed by atoms with Crippen molar-refractivity contribution in [3.05, 3.63) is 64.4 Å². The minimum Gasteiger partial charge on any atom is -0.476 e. The molecular formula is C17H11ClFN3O3. The molecule has 0 radical (unpaired) electrons. The Bertz CT molecular complexity index is 954. The van der Waals surface area contributed by atoms with Crippen molar-refractivity contribution in [2.75, 3.05) is 6.54 Å². The number of nitrogens with zero attached hydrogens (tertiary/aromatic N) is 3. The van der Waals surface area contributed by atoms with E-state index < -0.39 is 17.5 Å². The number of rotatable bonds is 3. The summed E-state index contributed by atoms with van der Waals surface area (Å²) in [6.07, 6.45) is 0. The lowest BCUT2D eigenvalue weighted by Gasteiger charge is -2.09. The van der Waals surface area contributed by atoms with E-state index in [0.717, 1.165) is 0 Å². The van der Waals surface area contributed by atoms with Crippen molar-refractivity contribution in [3.63, 3.8) is 0 Å². The Morgan fingerprint density at radius 2 is 1.96 bits per heavy atom. The number of carboxylic acids is 1. The molecule has 0 aromatic heterocycles. The number of fused-ring (bicyclic) bond motifs is 1. The molecule has 1 aliphatic rings. The van der Waals surface area contributed by atoms with Gasteiger partial charge < -0.3 is 10.3 Å². The van der Waals surface area contributed by atoms with Gasteiger partial charge >= 0.3 is 5.97 Å². The maximum Gasteiger partial charge on any atom is 0.359 e. The van der Waals surface area contributed by atoms with Gasteiger partial charge in [0.15, 0.2) is 0 Å². The molecule has 0 saturated heterocycles.